The Morgan fingerprint density at radius 1 is 0.938 bits per heavy atom. The zero-order chi connectivity index (χ0) is 21.8. The summed E-state index contributed by atoms with van der Waals surface area (Å²) in [5.41, 5.74) is 3.76. The van der Waals surface area contributed by atoms with E-state index in [2.05, 4.69) is 51.9 Å². The summed E-state index contributed by atoms with van der Waals surface area (Å²) >= 11 is 3.48. The Labute approximate surface area is 192 Å². The number of rotatable bonds is 7. The van der Waals surface area contributed by atoms with Crippen molar-refractivity contribution in [3.8, 4) is 22.5 Å². The second-order valence-corrected chi connectivity index (χ2v) is 7.80. The zero-order valence-electron chi connectivity index (χ0n) is 16.8. The van der Waals surface area contributed by atoms with Gasteiger partial charge in [0.2, 0.25) is 5.95 Å². The fourth-order valence-corrected chi connectivity index (χ4v) is 3.41. The van der Waals surface area contributed by atoms with Crippen LogP contribution in [0.1, 0.15) is 5.76 Å². The molecule has 0 bridgehead atoms. The van der Waals surface area contributed by atoms with Crippen molar-refractivity contribution in [3.63, 3.8) is 0 Å². The van der Waals surface area contributed by atoms with Gasteiger partial charge >= 0.3 is 0 Å². The topological polar surface area (TPSA) is 105 Å². The van der Waals surface area contributed by atoms with E-state index in [1.54, 1.807) is 6.20 Å². The number of hydrogen-bond donors (Lipinski definition) is 3. The number of halogens is 1. The molecule has 0 saturated carbocycles. The Morgan fingerprint density at radius 3 is 2.47 bits per heavy atom. The van der Waals surface area contributed by atoms with Crippen LogP contribution in [0.2, 0.25) is 0 Å². The predicted octanol–water partition coefficient (Wildman–Crippen LogP) is 5.64. The lowest BCUT2D eigenvalue weighted by Crippen LogP contribution is -2.05. The molecular weight excluding hydrogens is 470 g/mol. The third-order valence-corrected chi connectivity index (χ3v) is 5.28. The van der Waals surface area contributed by atoms with Crippen molar-refractivity contribution in [1.29, 1.82) is 0 Å². The summed E-state index contributed by atoms with van der Waals surface area (Å²) in [6.07, 6.45) is 1.68. The molecule has 0 aliphatic carbocycles. The summed E-state index contributed by atoms with van der Waals surface area (Å²) < 4.78 is 6.15. The normalized spacial score (nSPS) is 10.8. The zero-order valence-corrected chi connectivity index (χ0v) is 18.4. The highest BCUT2D eigenvalue weighted by molar-refractivity contribution is 9.10. The molecule has 3 N–H and O–H groups in total. The monoisotopic (exact) mass is 487 g/mol. The fourth-order valence-electron chi connectivity index (χ4n) is 3.12. The van der Waals surface area contributed by atoms with Crippen LogP contribution in [0.15, 0.2) is 88.0 Å². The van der Waals surface area contributed by atoms with Crippen molar-refractivity contribution in [2.75, 3.05) is 10.6 Å². The van der Waals surface area contributed by atoms with E-state index in [0.717, 1.165) is 27.0 Å². The maximum absolute atomic E-state index is 5.43. The summed E-state index contributed by atoms with van der Waals surface area (Å²) in [6.45, 7) is 0.404. The van der Waals surface area contributed by atoms with Crippen LogP contribution in [0.25, 0.3) is 22.5 Å². The fraction of sp³-hybridized carbons (Fsp3) is 0.0435. The second kappa shape index (κ2) is 9.03. The summed E-state index contributed by atoms with van der Waals surface area (Å²) in [4.78, 5) is 8.85. The van der Waals surface area contributed by atoms with Gasteiger partial charge in [-0.1, -0.05) is 65.8 Å². The first-order chi connectivity index (χ1) is 15.7. The molecule has 0 radical (unpaired) electrons. The lowest BCUT2D eigenvalue weighted by Gasteiger charge is -2.07. The first-order valence-corrected chi connectivity index (χ1v) is 10.7. The summed E-state index contributed by atoms with van der Waals surface area (Å²) in [7, 11) is 0. The van der Waals surface area contributed by atoms with Gasteiger partial charge in [-0.05, 0) is 21.5 Å². The summed E-state index contributed by atoms with van der Waals surface area (Å²) in [5, 5.41) is 17.9. The van der Waals surface area contributed by atoms with Crippen molar-refractivity contribution >= 4 is 33.5 Å². The van der Waals surface area contributed by atoms with Gasteiger partial charge in [-0.15, -0.1) is 0 Å². The van der Waals surface area contributed by atoms with Gasteiger partial charge < -0.3 is 15.2 Å². The number of aromatic amines is 1. The van der Waals surface area contributed by atoms with E-state index in [9.17, 15) is 0 Å². The van der Waals surface area contributed by atoms with Crippen LogP contribution in [-0.4, -0.2) is 25.3 Å². The number of H-pyrrole nitrogens is 1. The molecule has 3 heterocycles. The molecule has 0 fully saturated rings. The Hall–Kier alpha value is -3.98. The molecule has 5 aromatic rings. The second-order valence-electron chi connectivity index (χ2n) is 6.95. The molecule has 5 rings (SSSR count). The van der Waals surface area contributed by atoms with E-state index < -0.39 is 0 Å². The predicted molar refractivity (Wildman–Crippen MR) is 126 cm³/mol. The lowest BCUT2D eigenvalue weighted by molar-refractivity contribution is 0.390. The molecular formula is C23H18BrN7O. The number of nitrogens with one attached hydrogen (secondary N) is 3. The molecule has 0 amide bonds. The standard InChI is InChI=1S/C23H18BrN7O/c24-18-14-26-23(25-13-17-11-20(31-32-17)16-9-5-2-6-10-16)28-22(18)27-21-12-19(29-30-21)15-7-3-1-4-8-15/h1-12,14H,13H2,(H3,25,26,27,28,29,30). The number of aromatic nitrogens is 5. The largest absolute Gasteiger partial charge is 0.359 e. The van der Waals surface area contributed by atoms with E-state index in [0.29, 0.717) is 29.9 Å². The summed E-state index contributed by atoms with van der Waals surface area (Å²) in [5.74, 6) is 2.38. The van der Waals surface area contributed by atoms with E-state index in [4.69, 9.17) is 4.52 Å². The number of nitrogens with zero attached hydrogens (tertiary/aromatic N) is 4. The van der Waals surface area contributed by atoms with Crippen LogP contribution in [0.3, 0.4) is 0 Å². The molecule has 0 atom stereocenters. The Bertz CT molecular complexity index is 1320. The molecule has 3 aromatic heterocycles. The van der Waals surface area contributed by atoms with E-state index >= 15 is 0 Å². The van der Waals surface area contributed by atoms with Gasteiger partial charge in [0.1, 0.15) is 5.69 Å². The molecule has 8 nitrogen and oxygen atoms in total. The van der Waals surface area contributed by atoms with Crippen LogP contribution >= 0.6 is 15.9 Å². The van der Waals surface area contributed by atoms with Gasteiger partial charge in [0.05, 0.1) is 16.7 Å². The lowest BCUT2D eigenvalue weighted by atomic mass is 10.1. The smallest absolute Gasteiger partial charge is 0.225 e. The van der Waals surface area contributed by atoms with Crippen LogP contribution < -0.4 is 10.6 Å². The molecule has 0 saturated heterocycles. The van der Waals surface area contributed by atoms with Crippen LogP contribution in [0, 0.1) is 0 Å². The molecule has 0 spiro atoms. The minimum absolute atomic E-state index is 0.404. The van der Waals surface area contributed by atoms with Gasteiger partial charge in [-0.3, -0.25) is 5.10 Å². The van der Waals surface area contributed by atoms with Crippen molar-refractivity contribution in [2.24, 2.45) is 0 Å². The highest BCUT2D eigenvalue weighted by atomic mass is 79.9. The van der Waals surface area contributed by atoms with Crippen molar-refractivity contribution in [2.45, 2.75) is 6.54 Å². The van der Waals surface area contributed by atoms with Crippen LogP contribution in [-0.2, 0) is 6.54 Å². The molecule has 32 heavy (non-hydrogen) atoms. The third-order valence-electron chi connectivity index (χ3n) is 4.70. The minimum atomic E-state index is 0.404. The average molecular weight is 488 g/mol. The molecule has 158 valence electrons. The highest BCUT2D eigenvalue weighted by Gasteiger charge is 2.11. The maximum Gasteiger partial charge on any atom is 0.225 e. The van der Waals surface area contributed by atoms with Gasteiger partial charge in [-0.25, -0.2) is 4.98 Å². The van der Waals surface area contributed by atoms with Crippen LogP contribution in [0.4, 0.5) is 17.6 Å². The van der Waals surface area contributed by atoms with Crippen molar-refractivity contribution in [3.05, 3.63) is 89.2 Å². The Kier molecular flexibility index (Phi) is 5.63. The third kappa shape index (κ3) is 4.52. The van der Waals surface area contributed by atoms with E-state index in [1.807, 2.05) is 72.8 Å². The number of anilines is 3. The quantitative estimate of drug-likeness (QED) is 0.272. The first kappa shape index (κ1) is 20.0. The molecule has 9 heteroatoms. The minimum Gasteiger partial charge on any atom is -0.359 e. The van der Waals surface area contributed by atoms with Gasteiger partial charge in [0, 0.05) is 23.9 Å². The van der Waals surface area contributed by atoms with E-state index in [-0.39, 0.29) is 0 Å². The van der Waals surface area contributed by atoms with Crippen molar-refractivity contribution < 1.29 is 4.52 Å². The first-order valence-electron chi connectivity index (χ1n) is 9.90. The highest BCUT2D eigenvalue weighted by Crippen LogP contribution is 2.26. The average Bonchev–Trinajstić information content (AvgIpc) is 3.51. The molecule has 0 aliphatic rings. The Morgan fingerprint density at radius 2 is 1.69 bits per heavy atom. The Balaban J connectivity index is 1.26. The van der Waals surface area contributed by atoms with E-state index in [1.165, 1.54) is 0 Å². The molecule has 2 aromatic carbocycles. The van der Waals surface area contributed by atoms with Gasteiger partial charge in [0.25, 0.3) is 0 Å². The SMILES string of the molecule is Brc1cnc(NCc2cc(-c3ccccc3)no2)nc1Nc1cc(-c2ccccc2)[nH]n1. The van der Waals surface area contributed by atoms with Gasteiger partial charge in [-0.2, -0.15) is 10.1 Å². The van der Waals surface area contributed by atoms with Crippen LogP contribution in [0.5, 0.6) is 0 Å². The molecule has 0 aliphatic heterocycles. The van der Waals surface area contributed by atoms with Crippen molar-refractivity contribution in [1.82, 2.24) is 25.3 Å². The summed E-state index contributed by atoms with van der Waals surface area (Å²) in [6, 6.07) is 23.7. The van der Waals surface area contributed by atoms with Gasteiger partial charge in [0.15, 0.2) is 17.4 Å². The number of hydrogen-bond acceptors (Lipinski definition) is 7. The maximum atomic E-state index is 5.43. The number of benzene rings is 2. The molecule has 0 unspecified atom stereocenters.